The lowest BCUT2D eigenvalue weighted by Gasteiger charge is -2.01. The molecule has 0 aliphatic heterocycles. The molecule has 10 nitrogen and oxygen atoms in total. The van der Waals surface area contributed by atoms with Crippen LogP contribution in [0.25, 0.3) is 5.65 Å². The van der Waals surface area contributed by atoms with Crippen molar-refractivity contribution in [2.75, 3.05) is 7.11 Å². The number of imidazole rings is 1. The standard InChI is InChI=1S/C6H8N6O4S/c1-16-3-12-6(13)11-2-8-5(17(7,14)15)4(11)9-10-12/h2H,3H2,1H3,(H2,7,14,15). The molecule has 0 aliphatic rings. The number of primary sulfonamides is 1. The van der Waals surface area contributed by atoms with E-state index in [2.05, 4.69) is 15.3 Å². The fourth-order valence-electron chi connectivity index (χ4n) is 1.22. The highest BCUT2D eigenvalue weighted by atomic mass is 32.2. The Morgan fingerprint density at radius 1 is 1.53 bits per heavy atom. The molecule has 11 heteroatoms. The van der Waals surface area contributed by atoms with Crippen molar-refractivity contribution >= 4 is 15.7 Å². The molecule has 0 saturated carbocycles. The predicted octanol–water partition coefficient (Wildman–Crippen LogP) is -2.46. The fourth-order valence-corrected chi connectivity index (χ4v) is 1.81. The van der Waals surface area contributed by atoms with Crippen molar-refractivity contribution in [2.45, 2.75) is 11.8 Å². The second-order valence-electron chi connectivity index (χ2n) is 3.08. The summed E-state index contributed by atoms with van der Waals surface area (Å²) >= 11 is 0. The van der Waals surface area contributed by atoms with Crippen molar-refractivity contribution in [1.82, 2.24) is 24.4 Å². The van der Waals surface area contributed by atoms with Gasteiger partial charge in [0.15, 0.2) is 0 Å². The maximum Gasteiger partial charge on any atom is 0.355 e. The number of nitrogens with two attached hydrogens (primary N) is 1. The summed E-state index contributed by atoms with van der Waals surface area (Å²) in [6.07, 6.45) is 1.01. The molecule has 0 unspecified atom stereocenters. The molecule has 0 aliphatic carbocycles. The maximum absolute atomic E-state index is 11.7. The second kappa shape index (κ2) is 3.87. The van der Waals surface area contributed by atoms with E-state index < -0.39 is 20.7 Å². The lowest BCUT2D eigenvalue weighted by atomic mass is 10.8. The van der Waals surface area contributed by atoms with Gasteiger partial charge in [0.1, 0.15) is 13.1 Å². The molecule has 0 saturated heterocycles. The minimum Gasteiger partial charge on any atom is -0.362 e. The Morgan fingerprint density at radius 3 is 2.82 bits per heavy atom. The number of methoxy groups -OCH3 is 1. The highest BCUT2D eigenvalue weighted by Gasteiger charge is 2.19. The summed E-state index contributed by atoms with van der Waals surface area (Å²) in [4.78, 5) is 15.2. The molecule has 0 aromatic carbocycles. The number of hydrogen-bond donors (Lipinski definition) is 1. The van der Waals surface area contributed by atoms with Gasteiger partial charge in [-0.2, -0.15) is 4.68 Å². The van der Waals surface area contributed by atoms with Crippen molar-refractivity contribution in [2.24, 2.45) is 5.14 Å². The summed E-state index contributed by atoms with van der Waals surface area (Å²) in [6, 6.07) is 0. The molecular formula is C6H8N6O4S. The minimum atomic E-state index is -4.04. The summed E-state index contributed by atoms with van der Waals surface area (Å²) in [5, 5.41) is 11.5. The third-order valence-electron chi connectivity index (χ3n) is 1.91. The Bertz CT molecular complexity index is 716. The smallest absolute Gasteiger partial charge is 0.355 e. The first-order valence-electron chi connectivity index (χ1n) is 4.27. The van der Waals surface area contributed by atoms with E-state index in [1.54, 1.807) is 0 Å². The van der Waals surface area contributed by atoms with Gasteiger partial charge in [-0.25, -0.2) is 27.7 Å². The first kappa shape index (κ1) is 11.6. The van der Waals surface area contributed by atoms with Crippen LogP contribution in [0.4, 0.5) is 0 Å². The van der Waals surface area contributed by atoms with Crippen molar-refractivity contribution in [1.29, 1.82) is 0 Å². The van der Waals surface area contributed by atoms with Crippen LogP contribution in [0.5, 0.6) is 0 Å². The largest absolute Gasteiger partial charge is 0.362 e. The molecule has 17 heavy (non-hydrogen) atoms. The van der Waals surface area contributed by atoms with Gasteiger partial charge in [0.05, 0.1) is 0 Å². The van der Waals surface area contributed by atoms with E-state index in [0.717, 1.165) is 15.4 Å². The maximum atomic E-state index is 11.7. The zero-order chi connectivity index (χ0) is 12.6. The van der Waals surface area contributed by atoms with Gasteiger partial charge in [-0.05, 0) is 0 Å². The Labute approximate surface area is 94.7 Å². The summed E-state index contributed by atoms with van der Waals surface area (Å²) in [7, 11) is -2.66. The summed E-state index contributed by atoms with van der Waals surface area (Å²) in [5.74, 6) is 0. The van der Waals surface area contributed by atoms with Gasteiger partial charge in [-0.1, -0.05) is 5.21 Å². The number of nitrogens with zero attached hydrogens (tertiary/aromatic N) is 5. The van der Waals surface area contributed by atoms with Crippen LogP contribution in [-0.2, 0) is 21.5 Å². The fraction of sp³-hybridized carbons (Fsp3) is 0.333. The normalized spacial score (nSPS) is 12.1. The number of fused-ring (bicyclic) bond motifs is 1. The number of hydrogen-bond acceptors (Lipinski definition) is 7. The molecule has 0 spiro atoms. The molecule has 0 fully saturated rings. The first-order chi connectivity index (χ1) is 7.95. The van der Waals surface area contributed by atoms with E-state index in [1.165, 1.54) is 7.11 Å². The van der Waals surface area contributed by atoms with Crippen LogP contribution in [0.15, 0.2) is 16.1 Å². The zero-order valence-corrected chi connectivity index (χ0v) is 9.46. The van der Waals surface area contributed by atoms with E-state index in [1.807, 2.05) is 0 Å². The molecule has 2 aromatic rings. The van der Waals surface area contributed by atoms with Gasteiger partial charge in [0, 0.05) is 7.11 Å². The Balaban J connectivity index is 2.76. The zero-order valence-electron chi connectivity index (χ0n) is 8.64. The topological polar surface area (TPSA) is 134 Å². The molecule has 2 aromatic heterocycles. The quantitative estimate of drug-likeness (QED) is 0.646. The average molecular weight is 260 g/mol. The van der Waals surface area contributed by atoms with Crippen LogP contribution < -0.4 is 10.8 Å². The number of ether oxygens (including phenoxy) is 1. The monoisotopic (exact) mass is 260 g/mol. The van der Waals surface area contributed by atoms with Gasteiger partial charge < -0.3 is 4.74 Å². The minimum absolute atomic E-state index is 0.106. The summed E-state index contributed by atoms with van der Waals surface area (Å²) in [6.45, 7) is -0.106. The molecule has 0 bridgehead atoms. The van der Waals surface area contributed by atoms with Gasteiger partial charge in [-0.3, -0.25) is 0 Å². The molecule has 0 radical (unpaired) electrons. The predicted molar refractivity (Wildman–Crippen MR) is 53.4 cm³/mol. The van der Waals surface area contributed by atoms with E-state index in [-0.39, 0.29) is 12.4 Å². The highest BCUT2D eigenvalue weighted by Crippen LogP contribution is 2.07. The Hall–Kier alpha value is -1.85. The van der Waals surface area contributed by atoms with Gasteiger partial charge in [-0.15, -0.1) is 5.10 Å². The SMILES string of the molecule is COCn1nnc2c(S(N)(=O)=O)ncn2c1=O. The Morgan fingerprint density at radius 2 is 2.24 bits per heavy atom. The van der Waals surface area contributed by atoms with E-state index in [4.69, 9.17) is 9.88 Å². The summed E-state index contributed by atoms with van der Waals surface area (Å²) < 4.78 is 28.8. The number of aromatic nitrogens is 5. The molecule has 2 rings (SSSR count). The third kappa shape index (κ3) is 1.90. The van der Waals surface area contributed by atoms with Crippen molar-refractivity contribution in [3.8, 4) is 0 Å². The van der Waals surface area contributed by atoms with Crippen LogP contribution in [0.3, 0.4) is 0 Å². The molecule has 92 valence electrons. The van der Waals surface area contributed by atoms with Gasteiger partial charge in [0.2, 0.25) is 10.7 Å². The van der Waals surface area contributed by atoms with Crippen molar-refractivity contribution in [3.05, 3.63) is 16.8 Å². The third-order valence-corrected chi connectivity index (χ3v) is 2.73. The average Bonchev–Trinajstić information content (AvgIpc) is 2.66. The van der Waals surface area contributed by atoms with Crippen LogP contribution in [0.2, 0.25) is 0 Å². The van der Waals surface area contributed by atoms with Crippen molar-refractivity contribution < 1.29 is 13.2 Å². The van der Waals surface area contributed by atoms with Crippen LogP contribution in [0.1, 0.15) is 0 Å². The highest BCUT2D eigenvalue weighted by molar-refractivity contribution is 7.89. The van der Waals surface area contributed by atoms with E-state index in [9.17, 15) is 13.2 Å². The molecule has 0 amide bonds. The first-order valence-corrected chi connectivity index (χ1v) is 5.82. The Kier molecular flexibility index (Phi) is 2.65. The van der Waals surface area contributed by atoms with Crippen LogP contribution in [0, 0.1) is 0 Å². The van der Waals surface area contributed by atoms with Crippen LogP contribution in [-0.4, -0.2) is 39.9 Å². The lowest BCUT2D eigenvalue weighted by Crippen LogP contribution is -2.30. The number of rotatable bonds is 3. The molecule has 2 N–H and O–H groups in total. The van der Waals surface area contributed by atoms with Gasteiger partial charge in [0.25, 0.3) is 10.0 Å². The molecule has 0 atom stereocenters. The summed E-state index contributed by atoms with van der Waals surface area (Å²) in [5.41, 5.74) is -0.843. The second-order valence-corrected chi connectivity index (χ2v) is 4.55. The van der Waals surface area contributed by atoms with Crippen molar-refractivity contribution in [3.63, 3.8) is 0 Å². The molecule has 2 heterocycles. The number of sulfonamides is 1. The lowest BCUT2D eigenvalue weighted by molar-refractivity contribution is 0.111. The van der Waals surface area contributed by atoms with E-state index >= 15 is 0 Å². The van der Waals surface area contributed by atoms with Gasteiger partial charge >= 0.3 is 5.69 Å². The van der Waals surface area contributed by atoms with Crippen LogP contribution >= 0.6 is 0 Å². The molecular weight excluding hydrogens is 252 g/mol. The van der Waals surface area contributed by atoms with E-state index in [0.29, 0.717) is 0 Å².